The number of pyridine rings is 1. The van der Waals surface area contributed by atoms with Gasteiger partial charge >= 0.3 is 0 Å². The second-order valence-electron chi connectivity index (χ2n) is 4.79. The molecular weight excluding hydrogens is 312 g/mol. The smallest absolute Gasteiger partial charge is 0.165 e. The maximum Gasteiger partial charge on any atom is 0.165 e. The molecule has 0 amide bonds. The van der Waals surface area contributed by atoms with Crippen LogP contribution in [0.1, 0.15) is 23.7 Å². The van der Waals surface area contributed by atoms with Crippen molar-refractivity contribution in [2.24, 2.45) is 0 Å². The maximum absolute atomic E-state index is 14.3. The minimum atomic E-state index is -0.441. The number of nitrogens with zero attached hydrogens (tertiary/aromatic N) is 3. The molecule has 2 heterocycles. The zero-order valence-corrected chi connectivity index (χ0v) is 13.0. The number of fused-ring (bicyclic) bond motifs is 1. The lowest BCUT2D eigenvalue weighted by Crippen LogP contribution is -2.05. The molecule has 2 aromatic heterocycles. The molecule has 0 aliphatic heterocycles. The Bertz CT molecular complexity index is 807. The molecule has 0 N–H and O–H groups in total. The van der Waals surface area contributed by atoms with Gasteiger partial charge in [0.1, 0.15) is 22.8 Å². The summed E-state index contributed by atoms with van der Waals surface area (Å²) in [6.45, 7) is 3.70. The predicted octanol–water partition coefficient (Wildman–Crippen LogP) is 4.82. The van der Waals surface area contributed by atoms with Crippen molar-refractivity contribution >= 4 is 34.4 Å². The highest BCUT2D eigenvalue weighted by Gasteiger charge is 2.22. The Hall–Kier alpha value is -1.65. The van der Waals surface area contributed by atoms with Gasteiger partial charge in [-0.25, -0.2) is 14.4 Å². The van der Waals surface area contributed by atoms with Crippen molar-refractivity contribution in [1.29, 1.82) is 0 Å². The minimum absolute atomic E-state index is 0.224. The summed E-state index contributed by atoms with van der Waals surface area (Å²) >= 11 is 12.4. The van der Waals surface area contributed by atoms with E-state index in [2.05, 4.69) is 9.97 Å². The summed E-state index contributed by atoms with van der Waals surface area (Å²) < 4.78 is 15.9. The summed E-state index contributed by atoms with van der Waals surface area (Å²) in [7, 11) is 0. The molecule has 0 bridgehead atoms. The summed E-state index contributed by atoms with van der Waals surface area (Å²) in [6, 6.07) is 6.39. The molecule has 1 atom stereocenters. The van der Waals surface area contributed by atoms with Gasteiger partial charge in [-0.15, -0.1) is 11.6 Å². The van der Waals surface area contributed by atoms with Crippen LogP contribution in [0.3, 0.4) is 0 Å². The normalized spacial score (nSPS) is 12.8. The third-order valence-electron chi connectivity index (χ3n) is 3.29. The van der Waals surface area contributed by atoms with Crippen LogP contribution in [-0.4, -0.2) is 14.5 Å². The number of alkyl halides is 1. The van der Waals surface area contributed by atoms with Gasteiger partial charge in [0.15, 0.2) is 5.65 Å². The zero-order chi connectivity index (χ0) is 15.1. The molecule has 0 fully saturated rings. The Morgan fingerprint density at radius 1 is 1.29 bits per heavy atom. The molecule has 1 aromatic carbocycles. The molecule has 0 spiro atoms. The lowest BCUT2D eigenvalue weighted by atomic mass is 10.2. The van der Waals surface area contributed by atoms with Crippen molar-refractivity contribution in [3.63, 3.8) is 0 Å². The van der Waals surface area contributed by atoms with Gasteiger partial charge in [-0.1, -0.05) is 17.7 Å². The van der Waals surface area contributed by atoms with Crippen LogP contribution in [0, 0.1) is 12.7 Å². The van der Waals surface area contributed by atoms with Gasteiger partial charge in [-0.2, -0.15) is 0 Å². The highest BCUT2D eigenvalue weighted by atomic mass is 35.5. The second-order valence-corrected chi connectivity index (χ2v) is 5.85. The maximum atomic E-state index is 14.3. The molecule has 108 valence electrons. The van der Waals surface area contributed by atoms with Crippen molar-refractivity contribution in [3.05, 3.63) is 52.7 Å². The number of aromatic nitrogens is 3. The zero-order valence-electron chi connectivity index (χ0n) is 11.4. The van der Waals surface area contributed by atoms with E-state index in [-0.39, 0.29) is 10.7 Å². The van der Waals surface area contributed by atoms with Gasteiger partial charge in [0.25, 0.3) is 0 Å². The summed E-state index contributed by atoms with van der Waals surface area (Å²) in [5.41, 5.74) is 2.41. The van der Waals surface area contributed by atoms with E-state index in [0.717, 1.165) is 5.56 Å². The monoisotopic (exact) mass is 323 g/mol. The lowest BCUT2D eigenvalue weighted by molar-refractivity contribution is 0.616. The fraction of sp³-hybridized carbons (Fsp3) is 0.200. The Balaban J connectivity index is 2.46. The number of benzene rings is 1. The second kappa shape index (κ2) is 5.28. The SMILES string of the molecule is Cc1ccnc2c1nc(C(C)Cl)n2-c1c(F)cccc1Cl. The first-order chi connectivity index (χ1) is 10.0. The van der Waals surface area contributed by atoms with E-state index in [1.54, 1.807) is 29.8 Å². The molecule has 0 radical (unpaired) electrons. The fourth-order valence-electron chi connectivity index (χ4n) is 2.30. The highest BCUT2D eigenvalue weighted by Crippen LogP contribution is 2.32. The summed E-state index contributed by atoms with van der Waals surface area (Å²) in [5, 5.41) is -0.120. The van der Waals surface area contributed by atoms with Crippen LogP contribution in [0.2, 0.25) is 5.02 Å². The van der Waals surface area contributed by atoms with Gasteiger partial charge in [-0.05, 0) is 37.6 Å². The van der Waals surface area contributed by atoms with Crippen LogP contribution in [-0.2, 0) is 0 Å². The number of aryl methyl sites for hydroxylation is 1. The molecular formula is C15H12Cl2FN3. The first-order valence-electron chi connectivity index (χ1n) is 6.43. The number of hydrogen-bond acceptors (Lipinski definition) is 2. The average Bonchev–Trinajstić information content (AvgIpc) is 2.80. The molecule has 0 aliphatic carbocycles. The standard InChI is InChI=1S/C15H12Cl2FN3/c1-8-6-7-19-15-12(8)20-14(9(2)16)21(15)13-10(17)4-3-5-11(13)18/h3-7,9H,1-2H3. The molecule has 0 saturated heterocycles. The Morgan fingerprint density at radius 3 is 2.71 bits per heavy atom. The largest absolute Gasteiger partial charge is 0.275 e. The van der Waals surface area contributed by atoms with E-state index in [4.69, 9.17) is 23.2 Å². The molecule has 21 heavy (non-hydrogen) atoms. The van der Waals surface area contributed by atoms with E-state index < -0.39 is 11.2 Å². The van der Waals surface area contributed by atoms with Crippen molar-refractivity contribution in [1.82, 2.24) is 14.5 Å². The van der Waals surface area contributed by atoms with Crippen LogP contribution in [0.25, 0.3) is 16.9 Å². The first kappa shape index (κ1) is 14.3. The predicted molar refractivity (Wildman–Crippen MR) is 82.8 cm³/mol. The topological polar surface area (TPSA) is 30.7 Å². The van der Waals surface area contributed by atoms with Gasteiger partial charge in [0.05, 0.1) is 10.4 Å². The fourth-order valence-corrected chi connectivity index (χ4v) is 2.69. The average molecular weight is 324 g/mol. The van der Waals surface area contributed by atoms with Crippen LogP contribution in [0.5, 0.6) is 0 Å². The molecule has 3 nitrogen and oxygen atoms in total. The number of para-hydroxylation sites is 1. The van der Waals surface area contributed by atoms with E-state index in [0.29, 0.717) is 17.0 Å². The quantitative estimate of drug-likeness (QED) is 0.633. The van der Waals surface area contributed by atoms with Crippen LogP contribution in [0.15, 0.2) is 30.5 Å². The molecule has 1 unspecified atom stereocenters. The molecule has 3 aromatic rings. The van der Waals surface area contributed by atoms with E-state index >= 15 is 0 Å². The molecule has 0 aliphatic rings. The Morgan fingerprint density at radius 2 is 2.05 bits per heavy atom. The Kier molecular flexibility index (Phi) is 3.59. The van der Waals surface area contributed by atoms with Crippen molar-refractivity contribution in [3.8, 4) is 5.69 Å². The summed E-state index contributed by atoms with van der Waals surface area (Å²) in [6.07, 6.45) is 1.66. The van der Waals surface area contributed by atoms with Gasteiger partial charge in [0.2, 0.25) is 0 Å². The molecule has 3 rings (SSSR count). The van der Waals surface area contributed by atoms with E-state index in [9.17, 15) is 4.39 Å². The van der Waals surface area contributed by atoms with Crippen molar-refractivity contribution in [2.45, 2.75) is 19.2 Å². The third-order valence-corrected chi connectivity index (χ3v) is 3.79. The van der Waals surface area contributed by atoms with Gasteiger partial charge in [-0.3, -0.25) is 4.57 Å². The summed E-state index contributed by atoms with van der Waals surface area (Å²) in [5.74, 6) is 0.0733. The number of imidazole rings is 1. The number of rotatable bonds is 2. The Labute approximate surface area is 131 Å². The summed E-state index contributed by atoms with van der Waals surface area (Å²) in [4.78, 5) is 8.83. The van der Waals surface area contributed by atoms with Crippen LogP contribution in [0.4, 0.5) is 4.39 Å². The number of hydrogen-bond donors (Lipinski definition) is 0. The molecule has 0 saturated carbocycles. The number of halogens is 3. The van der Waals surface area contributed by atoms with Gasteiger partial charge < -0.3 is 0 Å². The van der Waals surface area contributed by atoms with E-state index in [1.165, 1.54) is 6.07 Å². The lowest BCUT2D eigenvalue weighted by Gasteiger charge is -2.12. The first-order valence-corrected chi connectivity index (χ1v) is 7.24. The molecule has 6 heteroatoms. The van der Waals surface area contributed by atoms with Crippen LogP contribution < -0.4 is 0 Å². The highest BCUT2D eigenvalue weighted by molar-refractivity contribution is 6.32. The minimum Gasteiger partial charge on any atom is -0.275 e. The van der Waals surface area contributed by atoms with E-state index in [1.807, 2.05) is 13.0 Å². The van der Waals surface area contributed by atoms with Crippen molar-refractivity contribution < 1.29 is 4.39 Å². The van der Waals surface area contributed by atoms with Gasteiger partial charge in [0, 0.05) is 6.20 Å². The van der Waals surface area contributed by atoms with Crippen molar-refractivity contribution in [2.75, 3.05) is 0 Å². The third kappa shape index (κ3) is 2.28. The van der Waals surface area contributed by atoms with Crippen LogP contribution >= 0.6 is 23.2 Å².